The van der Waals surface area contributed by atoms with Crippen molar-refractivity contribution in [3.8, 4) is 0 Å². The molecule has 0 bridgehead atoms. The lowest BCUT2D eigenvalue weighted by atomic mass is 9.96. The second kappa shape index (κ2) is 9.52. The molecule has 0 aliphatic carbocycles. The highest BCUT2D eigenvalue weighted by molar-refractivity contribution is 6.39. The van der Waals surface area contributed by atoms with Crippen LogP contribution in [0.2, 0.25) is 0 Å². The van der Waals surface area contributed by atoms with Gasteiger partial charge in [-0.3, -0.25) is 14.4 Å². The lowest BCUT2D eigenvalue weighted by Gasteiger charge is -2.32. The van der Waals surface area contributed by atoms with E-state index in [4.69, 9.17) is 0 Å². The Hall–Kier alpha value is -3.22. The molecule has 1 fully saturated rings. The average molecular weight is 411 g/mol. The van der Waals surface area contributed by atoms with Gasteiger partial charge >= 0.3 is 11.8 Å². The van der Waals surface area contributed by atoms with Crippen LogP contribution in [0.1, 0.15) is 34.3 Å². The van der Waals surface area contributed by atoms with Gasteiger partial charge in [-0.25, -0.2) is 4.39 Å². The van der Waals surface area contributed by atoms with Crippen LogP contribution in [-0.4, -0.2) is 42.3 Å². The maximum atomic E-state index is 13.8. The number of nitrogens with one attached hydrogen (secondary N) is 2. The van der Waals surface area contributed by atoms with Gasteiger partial charge in [0.2, 0.25) is 0 Å². The molecular formula is C23H26FN3O3. The van der Waals surface area contributed by atoms with Crippen molar-refractivity contribution in [1.82, 2.24) is 10.2 Å². The fourth-order valence-electron chi connectivity index (χ4n) is 3.51. The third-order valence-electron chi connectivity index (χ3n) is 5.40. The van der Waals surface area contributed by atoms with Crippen LogP contribution in [-0.2, 0) is 9.59 Å². The molecule has 2 aromatic carbocycles. The van der Waals surface area contributed by atoms with Crippen LogP contribution < -0.4 is 10.6 Å². The van der Waals surface area contributed by atoms with Crippen molar-refractivity contribution in [2.24, 2.45) is 5.92 Å². The first-order valence-corrected chi connectivity index (χ1v) is 10.1. The van der Waals surface area contributed by atoms with Crippen molar-refractivity contribution < 1.29 is 18.8 Å². The molecule has 0 unspecified atom stereocenters. The topological polar surface area (TPSA) is 78.5 Å². The standard InChI is InChI=1S/C23H26FN3O3/c1-15-7-8-16(2)20(13-15)26-22(29)21(28)25-14-17-9-11-27(12-10-17)23(30)18-5-3-4-6-19(18)24/h3-8,13,17H,9-12,14H2,1-2H3,(H,25,28)(H,26,29). The Morgan fingerprint density at radius 2 is 1.73 bits per heavy atom. The summed E-state index contributed by atoms with van der Waals surface area (Å²) in [6.07, 6.45) is 1.36. The number of amides is 3. The number of carbonyl (C=O) groups excluding carboxylic acids is 3. The molecule has 1 aliphatic heterocycles. The number of piperidine rings is 1. The molecule has 7 heteroatoms. The minimum absolute atomic E-state index is 0.0763. The number of benzene rings is 2. The Kier molecular flexibility index (Phi) is 6.82. The lowest BCUT2D eigenvalue weighted by Crippen LogP contribution is -2.43. The number of nitrogens with zero attached hydrogens (tertiary/aromatic N) is 1. The van der Waals surface area contributed by atoms with Crippen LogP contribution >= 0.6 is 0 Å². The number of hydrogen-bond donors (Lipinski definition) is 2. The quantitative estimate of drug-likeness (QED) is 0.759. The molecule has 0 atom stereocenters. The van der Waals surface area contributed by atoms with Gasteiger partial charge in [-0.1, -0.05) is 24.3 Å². The predicted octanol–water partition coefficient (Wildman–Crippen LogP) is 3.05. The number of anilines is 1. The summed E-state index contributed by atoms with van der Waals surface area (Å²) in [5, 5.41) is 5.32. The molecule has 0 aromatic heterocycles. The summed E-state index contributed by atoms with van der Waals surface area (Å²) in [5.41, 5.74) is 2.57. The van der Waals surface area contributed by atoms with E-state index >= 15 is 0 Å². The van der Waals surface area contributed by atoms with Gasteiger partial charge in [-0.2, -0.15) is 0 Å². The molecule has 6 nitrogen and oxygen atoms in total. The van der Waals surface area contributed by atoms with Crippen LogP contribution in [0.15, 0.2) is 42.5 Å². The minimum Gasteiger partial charge on any atom is -0.348 e. The van der Waals surface area contributed by atoms with E-state index in [-0.39, 0.29) is 17.4 Å². The molecule has 30 heavy (non-hydrogen) atoms. The number of likely N-dealkylation sites (tertiary alicyclic amines) is 1. The van der Waals surface area contributed by atoms with Gasteiger partial charge in [0.05, 0.1) is 5.56 Å². The number of hydrogen-bond acceptors (Lipinski definition) is 3. The molecule has 0 radical (unpaired) electrons. The Morgan fingerprint density at radius 1 is 1.03 bits per heavy atom. The molecule has 0 spiro atoms. The van der Waals surface area contributed by atoms with Crippen molar-refractivity contribution in [3.63, 3.8) is 0 Å². The number of aryl methyl sites for hydroxylation is 2. The number of halogens is 1. The third-order valence-corrected chi connectivity index (χ3v) is 5.40. The van der Waals surface area contributed by atoms with Gasteiger partial charge in [-0.05, 0) is 61.9 Å². The highest BCUT2D eigenvalue weighted by Crippen LogP contribution is 2.20. The molecule has 1 saturated heterocycles. The van der Waals surface area contributed by atoms with Crippen LogP contribution in [0.3, 0.4) is 0 Å². The first kappa shape index (κ1) is 21.5. The monoisotopic (exact) mass is 411 g/mol. The molecule has 158 valence electrons. The zero-order valence-electron chi connectivity index (χ0n) is 17.2. The van der Waals surface area contributed by atoms with E-state index in [1.54, 1.807) is 17.0 Å². The summed E-state index contributed by atoms with van der Waals surface area (Å²) >= 11 is 0. The molecule has 3 rings (SSSR count). The minimum atomic E-state index is -0.698. The van der Waals surface area contributed by atoms with Gasteiger partial charge in [0, 0.05) is 25.3 Å². The largest absolute Gasteiger partial charge is 0.348 e. The van der Waals surface area contributed by atoms with Crippen molar-refractivity contribution >= 4 is 23.4 Å². The fourth-order valence-corrected chi connectivity index (χ4v) is 3.51. The molecule has 1 aliphatic rings. The number of rotatable bonds is 4. The summed E-state index contributed by atoms with van der Waals surface area (Å²) < 4.78 is 13.8. The van der Waals surface area contributed by atoms with E-state index in [1.807, 2.05) is 32.0 Å². The van der Waals surface area contributed by atoms with E-state index in [1.165, 1.54) is 12.1 Å². The predicted molar refractivity (Wildman–Crippen MR) is 113 cm³/mol. The molecule has 0 saturated carbocycles. The maximum Gasteiger partial charge on any atom is 0.313 e. The van der Waals surface area contributed by atoms with Gasteiger partial charge in [0.15, 0.2) is 0 Å². The second-order valence-corrected chi connectivity index (χ2v) is 7.70. The lowest BCUT2D eigenvalue weighted by molar-refractivity contribution is -0.136. The van der Waals surface area contributed by atoms with Gasteiger partial charge in [-0.15, -0.1) is 0 Å². The highest BCUT2D eigenvalue weighted by Gasteiger charge is 2.26. The fraction of sp³-hybridized carbons (Fsp3) is 0.348. The van der Waals surface area contributed by atoms with Crippen LogP contribution in [0.25, 0.3) is 0 Å². The van der Waals surface area contributed by atoms with Crippen molar-refractivity contribution in [3.05, 3.63) is 65.0 Å². The number of carbonyl (C=O) groups is 3. The van der Waals surface area contributed by atoms with Gasteiger partial charge in [0.25, 0.3) is 5.91 Å². The molecular weight excluding hydrogens is 385 g/mol. The van der Waals surface area contributed by atoms with E-state index in [2.05, 4.69) is 10.6 Å². The van der Waals surface area contributed by atoms with Gasteiger partial charge < -0.3 is 15.5 Å². The van der Waals surface area contributed by atoms with Crippen molar-refractivity contribution in [1.29, 1.82) is 0 Å². The maximum absolute atomic E-state index is 13.8. The van der Waals surface area contributed by atoms with Crippen LogP contribution in [0, 0.1) is 25.6 Å². The first-order valence-electron chi connectivity index (χ1n) is 10.1. The normalized spacial score (nSPS) is 14.3. The smallest absolute Gasteiger partial charge is 0.313 e. The van der Waals surface area contributed by atoms with E-state index in [0.29, 0.717) is 38.2 Å². The Balaban J connectivity index is 1.45. The van der Waals surface area contributed by atoms with E-state index < -0.39 is 17.6 Å². The summed E-state index contributed by atoms with van der Waals surface area (Å²) in [5.74, 6) is -2.06. The zero-order valence-corrected chi connectivity index (χ0v) is 17.2. The van der Waals surface area contributed by atoms with Crippen LogP contribution in [0.4, 0.5) is 10.1 Å². The zero-order chi connectivity index (χ0) is 21.7. The third kappa shape index (κ3) is 5.23. The molecule has 1 heterocycles. The van der Waals surface area contributed by atoms with Crippen molar-refractivity contribution in [2.75, 3.05) is 25.0 Å². The summed E-state index contributed by atoms with van der Waals surface area (Å²) in [6, 6.07) is 11.6. The van der Waals surface area contributed by atoms with Gasteiger partial charge in [0.1, 0.15) is 5.82 Å². The molecule has 2 N–H and O–H groups in total. The Morgan fingerprint density at radius 3 is 2.43 bits per heavy atom. The van der Waals surface area contributed by atoms with E-state index in [9.17, 15) is 18.8 Å². The van der Waals surface area contributed by atoms with Crippen LogP contribution in [0.5, 0.6) is 0 Å². The molecule has 3 amide bonds. The second-order valence-electron chi connectivity index (χ2n) is 7.70. The summed E-state index contributed by atoms with van der Waals surface area (Å²) in [4.78, 5) is 38.4. The first-order chi connectivity index (χ1) is 14.3. The average Bonchev–Trinajstić information content (AvgIpc) is 2.74. The Labute approximate surface area is 175 Å². The van der Waals surface area contributed by atoms with Crippen molar-refractivity contribution in [2.45, 2.75) is 26.7 Å². The SMILES string of the molecule is Cc1ccc(C)c(NC(=O)C(=O)NCC2CCN(C(=O)c3ccccc3F)CC2)c1. The molecule has 2 aromatic rings. The Bertz CT molecular complexity index is 952. The highest BCUT2D eigenvalue weighted by atomic mass is 19.1. The van der Waals surface area contributed by atoms with E-state index in [0.717, 1.165) is 11.1 Å². The summed E-state index contributed by atoms with van der Waals surface area (Å²) in [7, 11) is 0. The summed E-state index contributed by atoms with van der Waals surface area (Å²) in [6.45, 7) is 5.12.